The molecule has 0 bridgehead atoms. The molecule has 2 N–H and O–H groups in total. The van der Waals surface area contributed by atoms with Gasteiger partial charge in [0.15, 0.2) is 0 Å². The van der Waals surface area contributed by atoms with Crippen molar-refractivity contribution >= 4 is 23.3 Å². The van der Waals surface area contributed by atoms with Crippen molar-refractivity contribution in [2.45, 2.75) is 6.04 Å². The Bertz CT molecular complexity index is 1180. The van der Waals surface area contributed by atoms with Crippen molar-refractivity contribution in [3.63, 3.8) is 0 Å². The molecule has 0 unspecified atom stereocenters. The van der Waals surface area contributed by atoms with E-state index in [0.717, 1.165) is 5.56 Å². The molecule has 2 amide bonds. The maximum absolute atomic E-state index is 12.8. The van der Waals surface area contributed by atoms with Gasteiger partial charge in [0.2, 0.25) is 11.8 Å². The van der Waals surface area contributed by atoms with Gasteiger partial charge in [0.05, 0.1) is 23.4 Å². The molecule has 0 saturated carbocycles. The Morgan fingerprint density at radius 2 is 1.68 bits per heavy atom. The second-order valence-electron chi connectivity index (χ2n) is 6.57. The topological polar surface area (TPSA) is 89.3 Å². The van der Waals surface area contributed by atoms with E-state index in [2.05, 4.69) is 20.8 Å². The highest BCUT2D eigenvalue weighted by Gasteiger charge is 2.24. The predicted octanol–water partition coefficient (Wildman–Crippen LogP) is 5.31. The number of hydrogen-bond acceptors (Lipinski definition) is 5. The van der Waals surface area contributed by atoms with Crippen LogP contribution in [0.1, 0.15) is 17.5 Å². The number of anilines is 1. The second-order valence-corrected chi connectivity index (χ2v) is 6.97. The number of carbonyl (C=O) groups is 1. The summed E-state index contributed by atoms with van der Waals surface area (Å²) in [7, 11) is 1.54. The molecule has 0 spiro atoms. The lowest BCUT2D eigenvalue weighted by Gasteiger charge is -2.17. The molecule has 1 atom stereocenters. The van der Waals surface area contributed by atoms with E-state index >= 15 is 0 Å². The molecule has 0 radical (unpaired) electrons. The van der Waals surface area contributed by atoms with Gasteiger partial charge >= 0.3 is 6.03 Å². The first-order chi connectivity index (χ1) is 15.2. The molecule has 0 aliphatic carbocycles. The number of ether oxygens (including phenoxy) is 1. The summed E-state index contributed by atoms with van der Waals surface area (Å²) in [5.74, 6) is 1.05. The first-order valence-electron chi connectivity index (χ1n) is 9.49. The lowest BCUT2D eigenvalue weighted by molar-refractivity contribution is 0.248. The van der Waals surface area contributed by atoms with Crippen molar-refractivity contribution in [1.82, 2.24) is 15.5 Å². The minimum Gasteiger partial charge on any atom is -0.495 e. The van der Waals surface area contributed by atoms with Gasteiger partial charge in [-0.05, 0) is 29.8 Å². The molecule has 3 aromatic carbocycles. The van der Waals surface area contributed by atoms with Crippen molar-refractivity contribution < 1.29 is 13.9 Å². The quantitative estimate of drug-likeness (QED) is 0.429. The van der Waals surface area contributed by atoms with Crippen LogP contribution in [0.25, 0.3) is 11.5 Å². The molecule has 1 aromatic heterocycles. The van der Waals surface area contributed by atoms with Gasteiger partial charge in [0.1, 0.15) is 11.8 Å². The van der Waals surface area contributed by atoms with Crippen LogP contribution in [-0.2, 0) is 0 Å². The Balaban J connectivity index is 1.62. The molecule has 4 aromatic rings. The Morgan fingerprint density at radius 1 is 0.968 bits per heavy atom. The molecule has 0 saturated heterocycles. The van der Waals surface area contributed by atoms with E-state index in [1.54, 1.807) is 37.4 Å². The number of urea groups is 1. The molecule has 1 heterocycles. The van der Waals surface area contributed by atoms with Crippen LogP contribution in [0.3, 0.4) is 0 Å². The van der Waals surface area contributed by atoms with Crippen molar-refractivity contribution in [1.29, 1.82) is 0 Å². The van der Waals surface area contributed by atoms with E-state index in [0.29, 0.717) is 22.0 Å². The minimum atomic E-state index is -0.667. The van der Waals surface area contributed by atoms with Gasteiger partial charge in [-0.25, -0.2) is 4.79 Å². The molecule has 8 heteroatoms. The largest absolute Gasteiger partial charge is 0.495 e. The van der Waals surface area contributed by atoms with Gasteiger partial charge in [-0.2, -0.15) is 0 Å². The maximum Gasteiger partial charge on any atom is 0.320 e. The third-order valence-electron chi connectivity index (χ3n) is 4.56. The number of halogens is 1. The molecule has 156 valence electrons. The van der Waals surface area contributed by atoms with E-state index in [4.69, 9.17) is 20.8 Å². The highest BCUT2D eigenvalue weighted by atomic mass is 35.5. The summed E-state index contributed by atoms with van der Waals surface area (Å²) in [5, 5.41) is 14.5. The molecule has 0 fully saturated rings. The lowest BCUT2D eigenvalue weighted by Crippen LogP contribution is -2.33. The smallest absolute Gasteiger partial charge is 0.320 e. The second kappa shape index (κ2) is 9.32. The Morgan fingerprint density at radius 3 is 2.45 bits per heavy atom. The number of benzene rings is 3. The van der Waals surface area contributed by atoms with Crippen LogP contribution in [0.5, 0.6) is 5.75 Å². The summed E-state index contributed by atoms with van der Waals surface area (Å²) in [5.41, 5.74) is 1.94. The van der Waals surface area contributed by atoms with Crippen molar-refractivity contribution in [3.05, 3.63) is 95.3 Å². The summed E-state index contributed by atoms with van der Waals surface area (Å²) < 4.78 is 11.2. The van der Waals surface area contributed by atoms with Gasteiger partial charge in [-0.15, -0.1) is 10.2 Å². The number of methoxy groups -OCH3 is 1. The third kappa shape index (κ3) is 4.67. The molecule has 4 rings (SSSR count). The minimum absolute atomic E-state index is 0.233. The van der Waals surface area contributed by atoms with E-state index in [-0.39, 0.29) is 11.8 Å². The van der Waals surface area contributed by atoms with Gasteiger partial charge in [0, 0.05) is 0 Å². The third-order valence-corrected chi connectivity index (χ3v) is 4.88. The normalized spacial score (nSPS) is 11.5. The first kappa shape index (κ1) is 20.4. The van der Waals surface area contributed by atoms with Crippen LogP contribution in [0.4, 0.5) is 10.5 Å². The molecule has 31 heavy (non-hydrogen) atoms. The maximum atomic E-state index is 12.8. The molecule has 0 aliphatic rings. The monoisotopic (exact) mass is 434 g/mol. The number of para-hydroxylation sites is 2. The van der Waals surface area contributed by atoms with E-state index in [1.807, 2.05) is 48.5 Å². The van der Waals surface area contributed by atoms with Crippen LogP contribution in [0.2, 0.25) is 5.02 Å². The summed E-state index contributed by atoms with van der Waals surface area (Å²) in [6.07, 6.45) is 0. The summed E-state index contributed by atoms with van der Waals surface area (Å²) in [4.78, 5) is 12.8. The predicted molar refractivity (Wildman–Crippen MR) is 118 cm³/mol. The van der Waals surface area contributed by atoms with E-state index in [1.165, 1.54) is 0 Å². The zero-order chi connectivity index (χ0) is 21.6. The molecule has 0 aliphatic heterocycles. The van der Waals surface area contributed by atoms with E-state index in [9.17, 15) is 4.79 Å². The van der Waals surface area contributed by atoms with Crippen LogP contribution < -0.4 is 15.4 Å². The number of aromatic nitrogens is 2. The van der Waals surface area contributed by atoms with Crippen molar-refractivity contribution in [2.75, 3.05) is 12.4 Å². The van der Waals surface area contributed by atoms with Gasteiger partial charge in [0.25, 0.3) is 0 Å². The zero-order valence-electron chi connectivity index (χ0n) is 16.6. The van der Waals surface area contributed by atoms with Crippen molar-refractivity contribution in [3.8, 4) is 17.2 Å². The highest BCUT2D eigenvalue weighted by molar-refractivity contribution is 6.33. The highest BCUT2D eigenvalue weighted by Crippen LogP contribution is 2.29. The van der Waals surface area contributed by atoms with E-state index < -0.39 is 12.1 Å². The van der Waals surface area contributed by atoms with Crippen LogP contribution in [0.15, 0.2) is 83.3 Å². The number of nitrogens with one attached hydrogen (secondary N) is 2. The average Bonchev–Trinajstić information content (AvgIpc) is 3.28. The number of nitrogens with zero attached hydrogens (tertiary/aromatic N) is 2. The fourth-order valence-electron chi connectivity index (χ4n) is 3.07. The standard InChI is InChI=1S/C23H19ClN4O3/c1-30-19-14-8-7-13-18(19)25-23(29)26-20(15-9-3-2-4-10-15)22-28-27-21(31-22)16-11-5-6-12-17(16)24/h2-14,20H,1H3,(H2,25,26,29)/t20-/m1/s1. The fourth-order valence-corrected chi connectivity index (χ4v) is 3.28. The number of amides is 2. The van der Waals surface area contributed by atoms with Crippen LogP contribution in [-0.4, -0.2) is 23.3 Å². The van der Waals surface area contributed by atoms with Gasteiger partial charge in [-0.3, -0.25) is 0 Å². The Hall–Kier alpha value is -3.84. The lowest BCUT2D eigenvalue weighted by atomic mass is 10.1. The van der Waals surface area contributed by atoms with Crippen LogP contribution in [0, 0.1) is 0 Å². The summed E-state index contributed by atoms with van der Waals surface area (Å²) in [6, 6.07) is 22.6. The summed E-state index contributed by atoms with van der Waals surface area (Å²) >= 11 is 6.25. The molecule has 7 nitrogen and oxygen atoms in total. The average molecular weight is 435 g/mol. The van der Waals surface area contributed by atoms with Gasteiger partial charge < -0.3 is 19.8 Å². The molecular weight excluding hydrogens is 416 g/mol. The Kier molecular flexibility index (Phi) is 6.14. The van der Waals surface area contributed by atoms with Crippen molar-refractivity contribution in [2.24, 2.45) is 0 Å². The Labute approximate surface area is 184 Å². The SMILES string of the molecule is COc1ccccc1NC(=O)N[C@H](c1ccccc1)c1nnc(-c2ccccc2Cl)o1. The fraction of sp³-hybridized carbons (Fsp3) is 0.0870. The number of carbonyl (C=O) groups excluding carboxylic acids is 1. The molecular formula is C23H19ClN4O3. The van der Waals surface area contributed by atoms with Crippen LogP contribution >= 0.6 is 11.6 Å². The number of rotatable bonds is 6. The number of hydrogen-bond donors (Lipinski definition) is 2. The summed E-state index contributed by atoms with van der Waals surface area (Å²) in [6.45, 7) is 0. The first-order valence-corrected chi connectivity index (χ1v) is 9.87. The zero-order valence-corrected chi connectivity index (χ0v) is 17.3. The van der Waals surface area contributed by atoms with Gasteiger partial charge in [-0.1, -0.05) is 66.2 Å².